The van der Waals surface area contributed by atoms with E-state index in [0.29, 0.717) is 11.8 Å². The summed E-state index contributed by atoms with van der Waals surface area (Å²) in [6.07, 6.45) is 28.9. The summed E-state index contributed by atoms with van der Waals surface area (Å²) in [6.45, 7) is 18.1. The van der Waals surface area contributed by atoms with Crippen LogP contribution in [0.2, 0.25) is 0 Å². The Morgan fingerprint density at radius 3 is 1.45 bits per heavy atom. The molecule has 5 aromatic rings. The Kier molecular flexibility index (Phi) is 19.2. The maximum absolute atomic E-state index is 5.50. The number of nitrogens with one attached hydrogen (secondary N) is 2. The molecule has 69 heavy (non-hydrogen) atoms. The van der Waals surface area contributed by atoms with Crippen molar-refractivity contribution in [1.29, 1.82) is 0 Å². The molecule has 2 aromatic carbocycles. The third kappa shape index (κ3) is 13.6. The summed E-state index contributed by atoms with van der Waals surface area (Å²) in [5.41, 5.74) is 16.6. The molecule has 2 unspecified atom stereocenters. The quantitative estimate of drug-likeness (QED) is 0.0526. The maximum atomic E-state index is 5.50. The molecule has 2 N–H and O–H groups in total. The van der Waals surface area contributed by atoms with Crippen LogP contribution in [0.4, 0.5) is 5.69 Å². The average Bonchev–Trinajstić information content (AvgIpc) is 4.23. The summed E-state index contributed by atoms with van der Waals surface area (Å²) in [7, 11) is 0. The minimum atomic E-state index is 0.346. The van der Waals surface area contributed by atoms with Gasteiger partial charge < -0.3 is 14.9 Å². The number of benzene rings is 2. The topological polar surface area (TPSA) is 60.6 Å². The summed E-state index contributed by atoms with van der Waals surface area (Å²) in [5.74, 6) is 15.3. The fraction of sp³-hybridized carbons (Fsp3) is 0.438. The standard InChI is InChI=1S/C64H79N5/c1-8-14-18-20-44-69(45-21-19-15-9-2)52-32-28-50(29-33-52)31-35-54-57-37-39-61(66-57)55(46-48(12-5)22-16-10-3)60-38-36-56(65-60)53(34-30-49-26-24-47(7)25-27-49)58-40-42-62(67-58)64(51(13-6)23-17-11-4)63-43-41-59(54)68-63/h24-29,32-33,36-43,48,51,67-68H,8-23,44-46H2,1-7H3. The molecule has 360 valence electrons. The monoisotopic (exact) mass is 918 g/mol. The van der Waals surface area contributed by atoms with Crippen molar-refractivity contribution in [2.75, 3.05) is 18.0 Å². The van der Waals surface area contributed by atoms with Gasteiger partial charge >= 0.3 is 0 Å². The van der Waals surface area contributed by atoms with Crippen molar-refractivity contribution in [3.05, 3.63) is 135 Å². The first-order valence-electron chi connectivity index (χ1n) is 27.0. The molecular weight excluding hydrogens is 839 g/mol. The van der Waals surface area contributed by atoms with Gasteiger partial charge in [-0.2, -0.15) is 0 Å². The second kappa shape index (κ2) is 26.1. The lowest BCUT2D eigenvalue weighted by molar-refractivity contribution is 0.448. The van der Waals surface area contributed by atoms with Crippen LogP contribution in [-0.2, 0) is 6.42 Å². The van der Waals surface area contributed by atoms with Gasteiger partial charge in [0.1, 0.15) is 0 Å². The smallest absolute Gasteiger partial charge is 0.0815 e. The van der Waals surface area contributed by atoms with Gasteiger partial charge in [0.25, 0.3) is 0 Å². The van der Waals surface area contributed by atoms with Gasteiger partial charge in [-0.15, -0.1) is 0 Å². The molecule has 0 aliphatic carbocycles. The van der Waals surface area contributed by atoms with E-state index in [1.807, 2.05) is 0 Å². The van der Waals surface area contributed by atoms with Gasteiger partial charge in [0.2, 0.25) is 0 Å². The number of H-pyrrole nitrogens is 2. The van der Waals surface area contributed by atoms with Crippen molar-refractivity contribution < 1.29 is 0 Å². The first kappa shape index (κ1) is 50.8. The molecule has 0 spiro atoms. The predicted octanol–water partition coefficient (Wildman–Crippen LogP) is 17.2. The van der Waals surface area contributed by atoms with Gasteiger partial charge in [-0.05, 0) is 136 Å². The van der Waals surface area contributed by atoms with Crippen molar-refractivity contribution in [2.24, 2.45) is 5.92 Å². The summed E-state index contributed by atoms with van der Waals surface area (Å²) >= 11 is 0. The van der Waals surface area contributed by atoms with Gasteiger partial charge in [0.05, 0.1) is 44.9 Å². The Labute approximate surface area is 415 Å². The highest BCUT2D eigenvalue weighted by Gasteiger charge is 2.20. The molecule has 5 heteroatoms. The van der Waals surface area contributed by atoms with Crippen LogP contribution in [0.3, 0.4) is 0 Å². The van der Waals surface area contributed by atoms with E-state index >= 15 is 0 Å². The molecule has 0 amide bonds. The first-order chi connectivity index (χ1) is 33.9. The SMILES string of the molecule is CCCCCCN(CCCCCC)c1ccc(C#Cc2c3nc(c(CC(CC)CCCC)c4nc(c(C#Cc5ccc(C)cc5)c5ccc([nH]5)c(C(CC)CCCC)c5ccc2[nH]5)C=C4)C=C3)cc1. The van der Waals surface area contributed by atoms with Gasteiger partial charge in [0, 0.05) is 52.1 Å². The number of rotatable bonds is 22. The zero-order valence-corrected chi connectivity index (χ0v) is 43.2. The molecule has 5 heterocycles. The number of aryl methyl sites for hydroxylation is 1. The molecule has 0 fully saturated rings. The summed E-state index contributed by atoms with van der Waals surface area (Å²) in [6, 6.07) is 26.4. The van der Waals surface area contributed by atoms with Crippen LogP contribution in [0.5, 0.6) is 0 Å². The summed E-state index contributed by atoms with van der Waals surface area (Å²) in [5, 5.41) is 0. The van der Waals surface area contributed by atoms with E-state index in [4.69, 9.17) is 9.97 Å². The van der Waals surface area contributed by atoms with Gasteiger partial charge in [0.15, 0.2) is 0 Å². The number of unbranched alkanes of at least 4 members (excludes halogenated alkanes) is 8. The fourth-order valence-corrected chi connectivity index (χ4v) is 9.92. The molecule has 0 radical (unpaired) electrons. The van der Waals surface area contributed by atoms with Crippen molar-refractivity contribution in [1.82, 2.24) is 19.9 Å². The van der Waals surface area contributed by atoms with Crippen LogP contribution >= 0.6 is 0 Å². The molecule has 3 aromatic heterocycles. The zero-order valence-electron chi connectivity index (χ0n) is 43.2. The lowest BCUT2D eigenvalue weighted by atomic mass is 9.90. The lowest BCUT2D eigenvalue weighted by Crippen LogP contribution is -2.25. The Bertz CT molecular complexity index is 2800. The van der Waals surface area contributed by atoms with E-state index in [2.05, 4.69) is 184 Å². The molecule has 2 atom stereocenters. The number of aromatic nitrogens is 4. The van der Waals surface area contributed by atoms with E-state index in [1.165, 1.54) is 93.0 Å². The maximum Gasteiger partial charge on any atom is 0.0815 e. The van der Waals surface area contributed by atoms with E-state index in [1.54, 1.807) is 0 Å². The predicted molar refractivity (Wildman–Crippen MR) is 299 cm³/mol. The van der Waals surface area contributed by atoms with Crippen molar-refractivity contribution in [3.8, 4) is 23.7 Å². The summed E-state index contributed by atoms with van der Waals surface area (Å²) < 4.78 is 0. The number of aromatic amines is 2. The second-order valence-electron chi connectivity index (χ2n) is 19.5. The van der Waals surface area contributed by atoms with E-state index in [0.717, 1.165) is 119 Å². The molecule has 2 aliphatic rings. The zero-order chi connectivity index (χ0) is 48.4. The molecule has 5 nitrogen and oxygen atoms in total. The minimum absolute atomic E-state index is 0.346. The molecule has 7 rings (SSSR count). The average molecular weight is 918 g/mol. The van der Waals surface area contributed by atoms with Crippen molar-refractivity contribution in [3.63, 3.8) is 0 Å². The number of fused-ring (bicyclic) bond motifs is 8. The Hall–Kier alpha value is -6.04. The summed E-state index contributed by atoms with van der Waals surface area (Å²) in [4.78, 5) is 21.4. The van der Waals surface area contributed by atoms with Crippen LogP contribution in [0, 0.1) is 36.5 Å². The third-order valence-electron chi connectivity index (χ3n) is 14.3. The van der Waals surface area contributed by atoms with Crippen LogP contribution in [-0.4, -0.2) is 33.0 Å². The highest BCUT2D eigenvalue weighted by Crippen LogP contribution is 2.34. The fourth-order valence-electron chi connectivity index (χ4n) is 9.92. The molecule has 0 saturated carbocycles. The van der Waals surface area contributed by atoms with E-state index in [9.17, 15) is 0 Å². The van der Waals surface area contributed by atoms with Gasteiger partial charge in [-0.3, -0.25) is 0 Å². The van der Waals surface area contributed by atoms with E-state index < -0.39 is 0 Å². The molecule has 2 aliphatic heterocycles. The van der Waals surface area contributed by atoms with Crippen molar-refractivity contribution >= 4 is 52.1 Å². The molecular formula is C64H79N5. The van der Waals surface area contributed by atoms with Gasteiger partial charge in [-0.25, -0.2) is 9.97 Å². The van der Waals surface area contributed by atoms with Crippen molar-refractivity contribution in [2.45, 2.75) is 164 Å². The number of anilines is 1. The van der Waals surface area contributed by atoms with E-state index in [-0.39, 0.29) is 0 Å². The Morgan fingerprint density at radius 1 is 0.478 bits per heavy atom. The number of nitrogens with zero attached hydrogens (tertiary/aromatic N) is 3. The first-order valence-corrected chi connectivity index (χ1v) is 27.0. The largest absolute Gasteiger partial charge is 0.372 e. The van der Waals surface area contributed by atoms with Crippen LogP contribution < -0.4 is 4.90 Å². The normalized spacial score (nSPS) is 12.6. The highest BCUT2D eigenvalue weighted by atomic mass is 15.1. The Morgan fingerprint density at radius 2 is 0.957 bits per heavy atom. The van der Waals surface area contributed by atoms with Crippen LogP contribution in [0.1, 0.15) is 212 Å². The highest BCUT2D eigenvalue weighted by molar-refractivity contribution is 5.86. The third-order valence-corrected chi connectivity index (χ3v) is 14.3. The molecule has 0 saturated heterocycles. The minimum Gasteiger partial charge on any atom is -0.372 e. The molecule has 8 bridgehead atoms. The second-order valence-corrected chi connectivity index (χ2v) is 19.5. The lowest BCUT2D eigenvalue weighted by Gasteiger charge is -2.25. The van der Waals surface area contributed by atoms with Crippen LogP contribution in [0.15, 0.2) is 72.8 Å². The van der Waals surface area contributed by atoms with Gasteiger partial charge in [-0.1, -0.05) is 160 Å². The van der Waals surface area contributed by atoms with Crippen LogP contribution in [0.25, 0.3) is 46.4 Å². The number of hydrogen-bond donors (Lipinski definition) is 2. The Balaban J connectivity index is 1.44. The number of hydrogen-bond acceptors (Lipinski definition) is 3.